The quantitative estimate of drug-likeness (QED) is 0.638. The average Bonchev–Trinajstić information content (AvgIpc) is 2.16. The van der Waals surface area contributed by atoms with Crippen LogP contribution >= 0.6 is 11.6 Å². The van der Waals surface area contributed by atoms with Crippen LogP contribution in [0, 0.1) is 10.1 Å². The summed E-state index contributed by atoms with van der Waals surface area (Å²) in [6.07, 6.45) is 0. The van der Waals surface area contributed by atoms with Crippen molar-refractivity contribution >= 4 is 23.3 Å². The lowest BCUT2D eigenvalue weighted by molar-refractivity contribution is -0.384. The lowest BCUT2D eigenvalue weighted by Crippen LogP contribution is -2.08. The number of carboxylic acids is 1. The second-order valence-corrected chi connectivity index (χ2v) is 3.43. The first-order chi connectivity index (χ1) is 6.93. The number of rotatable bonds is 3. The molecule has 6 heteroatoms. The fourth-order valence-electron chi connectivity index (χ4n) is 1.11. The molecule has 0 bridgehead atoms. The minimum atomic E-state index is -1.02. The first kappa shape index (κ1) is 11.5. The van der Waals surface area contributed by atoms with Crippen LogP contribution in [0.1, 0.15) is 18.4 Å². The molecule has 0 aliphatic heterocycles. The molecule has 1 aromatic carbocycles. The van der Waals surface area contributed by atoms with Crippen LogP contribution in [0.25, 0.3) is 0 Å². The normalized spacial score (nSPS) is 12.1. The molecule has 0 saturated carbocycles. The molecule has 1 rings (SSSR count). The molecule has 15 heavy (non-hydrogen) atoms. The smallest absolute Gasteiger partial charge is 0.310 e. The number of carboxylic acid groups (broad SMARTS) is 1. The van der Waals surface area contributed by atoms with E-state index in [4.69, 9.17) is 16.7 Å². The van der Waals surface area contributed by atoms with Gasteiger partial charge in [-0.15, -0.1) is 0 Å². The van der Waals surface area contributed by atoms with Gasteiger partial charge < -0.3 is 5.11 Å². The maximum atomic E-state index is 10.7. The van der Waals surface area contributed by atoms with Gasteiger partial charge >= 0.3 is 5.97 Å². The Kier molecular flexibility index (Phi) is 3.26. The minimum Gasteiger partial charge on any atom is -0.481 e. The number of hydrogen-bond acceptors (Lipinski definition) is 3. The van der Waals surface area contributed by atoms with Gasteiger partial charge in [0.25, 0.3) is 5.69 Å². The third-order valence-corrected chi connectivity index (χ3v) is 2.36. The summed E-state index contributed by atoms with van der Waals surface area (Å²) in [5.41, 5.74) is 0.219. The first-order valence-electron chi connectivity index (χ1n) is 4.10. The summed E-state index contributed by atoms with van der Waals surface area (Å²) in [7, 11) is 0. The van der Waals surface area contributed by atoms with Gasteiger partial charge in [0.1, 0.15) is 0 Å². The Balaban J connectivity index is 3.13. The maximum absolute atomic E-state index is 10.7. The fourth-order valence-corrected chi connectivity index (χ4v) is 1.45. The van der Waals surface area contributed by atoms with E-state index < -0.39 is 16.8 Å². The van der Waals surface area contributed by atoms with E-state index in [0.29, 0.717) is 5.56 Å². The molecule has 0 heterocycles. The van der Waals surface area contributed by atoms with Gasteiger partial charge in [-0.1, -0.05) is 11.6 Å². The molecule has 1 unspecified atom stereocenters. The van der Waals surface area contributed by atoms with Crippen LogP contribution < -0.4 is 0 Å². The van der Waals surface area contributed by atoms with Gasteiger partial charge in [-0.3, -0.25) is 14.9 Å². The van der Waals surface area contributed by atoms with Crippen molar-refractivity contribution in [2.45, 2.75) is 12.8 Å². The van der Waals surface area contributed by atoms with Crippen LogP contribution in [0.15, 0.2) is 18.2 Å². The summed E-state index contributed by atoms with van der Waals surface area (Å²) in [5, 5.41) is 19.2. The van der Waals surface area contributed by atoms with E-state index in [1.165, 1.54) is 19.1 Å². The third kappa shape index (κ3) is 2.44. The van der Waals surface area contributed by atoms with E-state index in [9.17, 15) is 14.9 Å². The summed E-state index contributed by atoms with van der Waals surface area (Å²) in [5.74, 6) is -1.80. The van der Waals surface area contributed by atoms with Gasteiger partial charge in [-0.05, 0) is 18.6 Å². The van der Waals surface area contributed by atoms with E-state index >= 15 is 0 Å². The molecule has 0 radical (unpaired) electrons. The molecule has 80 valence electrons. The highest BCUT2D eigenvalue weighted by molar-refractivity contribution is 6.31. The Bertz CT molecular complexity index is 419. The number of aliphatic carboxylic acids is 1. The number of nitro benzene ring substituents is 1. The summed E-state index contributed by atoms with van der Waals surface area (Å²) < 4.78 is 0. The predicted molar refractivity (Wildman–Crippen MR) is 54.2 cm³/mol. The monoisotopic (exact) mass is 229 g/mol. The van der Waals surface area contributed by atoms with E-state index in [0.717, 1.165) is 6.07 Å². The van der Waals surface area contributed by atoms with Crippen molar-refractivity contribution in [1.29, 1.82) is 0 Å². The zero-order valence-electron chi connectivity index (χ0n) is 7.81. The highest BCUT2D eigenvalue weighted by atomic mass is 35.5. The highest BCUT2D eigenvalue weighted by Crippen LogP contribution is 2.28. The first-order valence-corrected chi connectivity index (χ1v) is 4.48. The van der Waals surface area contributed by atoms with Gasteiger partial charge in [0.2, 0.25) is 0 Å². The molecular formula is C9H8ClNO4. The number of non-ortho nitro benzene ring substituents is 1. The van der Waals surface area contributed by atoms with Gasteiger partial charge in [0, 0.05) is 12.1 Å². The molecule has 0 fully saturated rings. The SMILES string of the molecule is CC(C(=O)O)c1ccc([N+](=O)[O-])cc1Cl. The van der Waals surface area contributed by atoms with Crippen LogP contribution in [0.4, 0.5) is 5.69 Å². The largest absolute Gasteiger partial charge is 0.481 e. The minimum absolute atomic E-state index is 0.0964. The van der Waals surface area contributed by atoms with Crippen LogP contribution in [0.5, 0.6) is 0 Å². The van der Waals surface area contributed by atoms with Gasteiger partial charge in [-0.2, -0.15) is 0 Å². The summed E-state index contributed by atoms with van der Waals surface area (Å²) in [6.45, 7) is 1.47. The van der Waals surface area contributed by atoms with E-state index in [2.05, 4.69) is 0 Å². The predicted octanol–water partition coefficient (Wildman–Crippen LogP) is 2.44. The number of nitro groups is 1. The Morgan fingerprint density at radius 2 is 2.20 bits per heavy atom. The van der Waals surface area contributed by atoms with Crippen LogP contribution in [0.2, 0.25) is 5.02 Å². The Morgan fingerprint density at radius 1 is 1.60 bits per heavy atom. The van der Waals surface area contributed by atoms with Crippen molar-refractivity contribution in [2.24, 2.45) is 0 Å². The van der Waals surface area contributed by atoms with Crippen LogP contribution in [-0.4, -0.2) is 16.0 Å². The molecule has 0 amide bonds. The number of nitrogens with zero attached hydrogens (tertiary/aromatic N) is 1. The zero-order chi connectivity index (χ0) is 11.6. The molecule has 0 saturated heterocycles. The lowest BCUT2D eigenvalue weighted by Gasteiger charge is -2.07. The molecule has 0 aliphatic carbocycles. The molecule has 0 aliphatic rings. The highest BCUT2D eigenvalue weighted by Gasteiger charge is 2.18. The van der Waals surface area contributed by atoms with Crippen molar-refractivity contribution < 1.29 is 14.8 Å². The van der Waals surface area contributed by atoms with Crippen molar-refractivity contribution in [2.75, 3.05) is 0 Å². The summed E-state index contributed by atoms with van der Waals surface area (Å²) in [6, 6.07) is 3.75. The van der Waals surface area contributed by atoms with E-state index in [1.54, 1.807) is 0 Å². The molecule has 0 spiro atoms. The third-order valence-electron chi connectivity index (χ3n) is 2.03. The van der Waals surface area contributed by atoms with Crippen molar-refractivity contribution in [3.63, 3.8) is 0 Å². The maximum Gasteiger partial charge on any atom is 0.310 e. The Hall–Kier alpha value is -1.62. The summed E-state index contributed by atoms with van der Waals surface area (Å²) >= 11 is 5.74. The van der Waals surface area contributed by atoms with Crippen molar-refractivity contribution in [3.05, 3.63) is 38.9 Å². The molecule has 1 N–H and O–H groups in total. The lowest BCUT2D eigenvalue weighted by atomic mass is 10.0. The van der Waals surface area contributed by atoms with Gasteiger partial charge in [0.05, 0.1) is 15.9 Å². The average molecular weight is 230 g/mol. The van der Waals surface area contributed by atoms with Gasteiger partial charge in [-0.25, -0.2) is 0 Å². The van der Waals surface area contributed by atoms with E-state index in [1.807, 2.05) is 0 Å². The number of carbonyl (C=O) groups is 1. The number of benzene rings is 1. The van der Waals surface area contributed by atoms with Gasteiger partial charge in [0.15, 0.2) is 0 Å². The topological polar surface area (TPSA) is 80.4 Å². The zero-order valence-corrected chi connectivity index (χ0v) is 8.56. The van der Waals surface area contributed by atoms with Crippen LogP contribution in [0.3, 0.4) is 0 Å². The Morgan fingerprint density at radius 3 is 2.60 bits per heavy atom. The number of hydrogen-bond donors (Lipinski definition) is 1. The fraction of sp³-hybridized carbons (Fsp3) is 0.222. The van der Waals surface area contributed by atoms with Crippen molar-refractivity contribution in [1.82, 2.24) is 0 Å². The summed E-state index contributed by atoms with van der Waals surface area (Å²) in [4.78, 5) is 20.5. The van der Waals surface area contributed by atoms with E-state index in [-0.39, 0.29) is 10.7 Å². The molecule has 5 nitrogen and oxygen atoms in total. The molecular weight excluding hydrogens is 222 g/mol. The molecule has 1 aromatic rings. The Labute approximate surface area is 90.4 Å². The van der Waals surface area contributed by atoms with Crippen molar-refractivity contribution in [3.8, 4) is 0 Å². The second kappa shape index (κ2) is 4.27. The number of halogens is 1. The standard InChI is InChI=1S/C9H8ClNO4/c1-5(9(12)13)7-3-2-6(11(14)15)4-8(7)10/h2-5H,1H3,(H,12,13). The molecule has 0 aromatic heterocycles. The molecule has 1 atom stereocenters. The van der Waals surface area contributed by atoms with Crippen LogP contribution in [-0.2, 0) is 4.79 Å². The second-order valence-electron chi connectivity index (χ2n) is 3.02.